The van der Waals surface area contributed by atoms with Crippen LogP contribution >= 0.6 is 15.9 Å². The largest absolute Gasteiger partial charge is 0.489 e. The fourth-order valence-electron chi connectivity index (χ4n) is 4.22. The van der Waals surface area contributed by atoms with Gasteiger partial charge in [-0.2, -0.15) is 0 Å². The van der Waals surface area contributed by atoms with E-state index in [9.17, 15) is 14.7 Å². The molecule has 4 aromatic carbocycles. The maximum Gasteiger partial charge on any atom is 0.338 e. The normalized spacial score (nSPS) is 11.6. The van der Waals surface area contributed by atoms with E-state index < -0.39 is 5.97 Å². The van der Waals surface area contributed by atoms with Crippen molar-refractivity contribution >= 4 is 50.2 Å². The lowest BCUT2D eigenvalue weighted by atomic mass is 10.1. The van der Waals surface area contributed by atoms with Crippen molar-refractivity contribution in [2.75, 3.05) is 10.6 Å². The summed E-state index contributed by atoms with van der Waals surface area (Å²) >= 11 is 3.38. The van der Waals surface area contributed by atoms with E-state index in [0.29, 0.717) is 33.7 Å². The molecule has 1 heterocycles. The number of nitrogens with zero attached hydrogens (tertiary/aromatic N) is 2. The molecule has 0 aliphatic carbocycles. The second-order valence-corrected chi connectivity index (χ2v) is 10.0. The first-order chi connectivity index (χ1) is 19.4. The van der Waals surface area contributed by atoms with E-state index in [1.165, 1.54) is 12.4 Å². The maximum atomic E-state index is 12.7. The molecule has 3 N–H and O–H groups in total. The van der Waals surface area contributed by atoms with Crippen molar-refractivity contribution < 1.29 is 19.4 Å². The number of aromatic nitrogens is 2. The number of carboxylic acids is 1. The maximum absolute atomic E-state index is 12.7. The number of ether oxygens (including phenoxy) is 1. The number of anilines is 2. The molecule has 5 rings (SSSR count). The molecule has 0 aliphatic rings. The topological polar surface area (TPSA) is 113 Å². The first-order valence-corrected chi connectivity index (χ1v) is 13.3. The molecule has 5 aromatic rings. The molecule has 0 saturated heterocycles. The predicted molar refractivity (Wildman–Crippen MR) is 158 cm³/mol. The Kier molecular flexibility index (Phi) is 8.02. The highest BCUT2D eigenvalue weighted by Crippen LogP contribution is 2.31. The highest BCUT2D eigenvalue weighted by Gasteiger charge is 2.18. The van der Waals surface area contributed by atoms with Crippen LogP contribution in [0.5, 0.6) is 5.75 Å². The van der Waals surface area contributed by atoms with Crippen LogP contribution in [0, 0.1) is 0 Å². The Balaban J connectivity index is 1.39. The van der Waals surface area contributed by atoms with E-state index in [1.54, 1.807) is 18.2 Å². The first-order valence-electron chi connectivity index (χ1n) is 12.5. The Labute approximate surface area is 239 Å². The molecule has 0 spiro atoms. The number of benzene rings is 4. The van der Waals surface area contributed by atoms with Crippen LogP contribution in [0.2, 0.25) is 0 Å². The number of carbonyl (C=O) groups is 2. The molecule has 1 aromatic heterocycles. The number of halogens is 1. The van der Waals surface area contributed by atoms with Crippen molar-refractivity contribution in [2.24, 2.45) is 0 Å². The quantitative estimate of drug-likeness (QED) is 0.166. The molecule has 40 heavy (non-hydrogen) atoms. The van der Waals surface area contributed by atoms with Crippen molar-refractivity contribution in [3.63, 3.8) is 0 Å². The number of hydrogen-bond acceptors (Lipinski definition) is 6. The molecule has 0 bridgehead atoms. The molecule has 200 valence electrons. The summed E-state index contributed by atoms with van der Waals surface area (Å²) < 4.78 is 6.84. The molecule has 1 atom stereocenters. The zero-order chi connectivity index (χ0) is 28.1. The second-order valence-electron chi connectivity index (χ2n) is 9.12. The van der Waals surface area contributed by atoms with Crippen LogP contribution < -0.4 is 15.4 Å². The number of aromatic carboxylic acids is 1. The van der Waals surface area contributed by atoms with Crippen LogP contribution in [-0.2, 0) is 6.61 Å². The molecule has 9 heteroatoms. The summed E-state index contributed by atoms with van der Waals surface area (Å²) in [5.74, 6) is -0.454. The van der Waals surface area contributed by atoms with Gasteiger partial charge in [0.2, 0.25) is 0 Å². The minimum atomic E-state index is -1.11. The van der Waals surface area contributed by atoms with Crippen LogP contribution in [0.3, 0.4) is 0 Å². The summed E-state index contributed by atoms with van der Waals surface area (Å²) in [7, 11) is 0. The number of rotatable bonds is 9. The third-order valence-corrected chi connectivity index (χ3v) is 6.82. The highest BCUT2D eigenvalue weighted by molar-refractivity contribution is 9.10. The van der Waals surface area contributed by atoms with Gasteiger partial charge in [0, 0.05) is 21.1 Å². The number of carboxylic acid groups (broad SMARTS) is 1. The van der Waals surface area contributed by atoms with Crippen molar-refractivity contribution in [1.29, 1.82) is 0 Å². The van der Waals surface area contributed by atoms with Gasteiger partial charge in [0.1, 0.15) is 24.5 Å². The SMILES string of the molecule is CC(Nc1ncnc2c(C(=O)O)cc(OCc3ccccc3)cc12)c1cccc(NC(=O)c2ccc(Br)cc2)c1. The Morgan fingerprint density at radius 3 is 2.48 bits per heavy atom. The molecule has 1 amide bonds. The van der Waals surface area contributed by atoms with E-state index in [0.717, 1.165) is 15.6 Å². The summed E-state index contributed by atoms with van der Waals surface area (Å²) in [6.45, 7) is 2.24. The van der Waals surface area contributed by atoms with Gasteiger partial charge in [0.05, 0.1) is 17.1 Å². The van der Waals surface area contributed by atoms with E-state index in [2.05, 4.69) is 36.5 Å². The molecular formula is C31H25BrN4O4. The van der Waals surface area contributed by atoms with Gasteiger partial charge in [-0.3, -0.25) is 4.79 Å². The first kappa shape index (κ1) is 26.8. The van der Waals surface area contributed by atoms with Crippen LogP contribution in [0.4, 0.5) is 11.5 Å². The average Bonchev–Trinajstić information content (AvgIpc) is 2.97. The van der Waals surface area contributed by atoms with Gasteiger partial charge < -0.3 is 20.5 Å². The van der Waals surface area contributed by atoms with E-state index in [1.807, 2.05) is 73.7 Å². The predicted octanol–water partition coefficient (Wildman–Crippen LogP) is 7.09. The van der Waals surface area contributed by atoms with Gasteiger partial charge in [-0.15, -0.1) is 0 Å². The van der Waals surface area contributed by atoms with E-state index >= 15 is 0 Å². The summed E-state index contributed by atoms with van der Waals surface area (Å²) in [6, 6.07) is 27.3. The van der Waals surface area contributed by atoms with Crippen molar-refractivity contribution in [3.05, 3.63) is 124 Å². The monoisotopic (exact) mass is 596 g/mol. The van der Waals surface area contributed by atoms with Gasteiger partial charge in [-0.05, 0) is 66.6 Å². The fourth-order valence-corrected chi connectivity index (χ4v) is 4.49. The number of amides is 1. The van der Waals surface area contributed by atoms with Gasteiger partial charge in [-0.1, -0.05) is 58.4 Å². The minimum Gasteiger partial charge on any atom is -0.489 e. The van der Waals surface area contributed by atoms with Gasteiger partial charge in [0.15, 0.2) is 0 Å². The standard InChI is InChI=1S/C31H25BrN4O4/c1-19(22-8-5-9-24(14-22)36-30(37)21-10-12-23(32)13-11-21)35-29-26-15-25(40-17-20-6-3-2-4-7-20)16-27(31(38)39)28(26)33-18-34-29/h2-16,18-19H,17H2,1H3,(H,36,37)(H,38,39)(H,33,34,35). The minimum absolute atomic E-state index is 0.0244. The summed E-state index contributed by atoms with van der Waals surface area (Å²) in [5, 5.41) is 16.7. The number of fused-ring (bicyclic) bond motifs is 1. The summed E-state index contributed by atoms with van der Waals surface area (Å²) in [6.07, 6.45) is 1.34. The Morgan fingerprint density at radius 1 is 0.950 bits per heavy atom. The van der Waals surface area contributed by atoms with Crippen molar-refractivity contribution in [3.8, 4) is 5.75 Å². The molecular weight excluding hydrogens is 572 g/mol. The molecule has 0 saturated carbocycles. The third kappa shape index (κ3) is 6.27. The molecule has 0 aliphatic heterocycles. The Morgan fingerprint density at radius 2 is 1.73 bits per heavy atom. The molecule has 1 unspecified atom stereocenters. The molecule has 0 fully saturated rings. The number of nitrogens with one attached hydrogen (secondary N) is 2. The molecule has 8 nitrogen and oxygen atoms in total. The smallest absolute Gasteiger partial charge is 0.338 e. The van der Waals surface area contributed by atoms with Crippen LogP contribution in [0.15, 0.2) is 102 Å². The molecule has 0 radical (unpaired) electrons. The average molecular weight is 597 g/mol. The Bertz CT molecular complexity index is 1680. The summed E-state index contributed by atoms with van der Waals surface area (Å²) in [4.78, 5) is 33.4. The van der Waals surface area contributed by atoms with E-state index in [4.69, 9.17) is 4.74 Å². The van der Waals surface area contributed by atoms with Crippen molar-refractivity contribution in [1.82, 2.24) is 9.97 Å². The zero-order valence-electron chi connectivity index (χ0n) is 21.5. The van der Waals surface area contributed by atoms with Gasteiger partial charge >= 0.3 is 5.97 Å². The highest BCUT2D eigenvalue weighted by atomic mass is 79.9. The van der Waals surface area contributed by atoms with Crippen molar-refractivity contribution in [2.45, 2.75) is 19.6 Å². The van der Waals surface area contributed by atoms with E-state index in [-0.39, 0.29) is 24.1 Å². The fraction of sp³-hybridized carbons (Fsp3) is 0.0968. The lowest BCUT2D eigenvalue weighted by Crippen LogP contribution is -2.13. The lowest BCUT2D eigenvalue weighted by Gasteiger charge is -2.18. The van der Waals surface area contributed by atoms with Crippen LogP contribution in [-0.4, -0.2) is 27.0 Å². The lowest BCUT2D eigenvalue weighted by molar-refractivity contribution is 0.0698. The van der Waals surface area contributed by atoms with Crippen LogP contribution in [0.1, 0.15) is 44.8 Å². The van der Waals surface area contributed by atoms with Crippen LogP contribution in [0.25, 0.3) is 10.9 Å². The van der Waals surface area contributed by atoms with Gasteiger partial charge in [-0.25, -0.2) is 14.8 Å². The third-order valence-electron chi connectivity index (χ3n) is 6.30. The number of carbonyl (C=O) groups excluding carboxylic acids is 1. The Hall–Kier alpha value is -4.76. The second kappa shape index (κ2) is 12.0. The van der Waals surface area contributed by atoms with Gasteiger partial charge in [0.25, 0.3) is 5.91 Å². The zero-order valence-corrected chi connectivity index (χ0v) is 23.1. The number of hydrogen-bond donors (Lipinski definition) is 3. The summed E-state index contributed by atoms with van der Waals surface area (Å²) in [5.41, 5.74) is 3.39.